The number of amides is 2. The SMILES string of the molecule is Cc1ccc(NC(=O)C[NH+](C)CC(=O)NCC(C)C)cc1. The molecule has 116 valence electrons. The van der Waals surface area contributed by atoms with Crippen LogP contribution in [0.25, 0.3) is 0 Å². The first-order valence-electron chi connectivity index (χ1n) is 7.31. The van der Waals surface area contributed by atoms with E-state index in [2.05, 4.69) is 10.6 Å². The summed E-state index contributed by atoms with van der Waals surface area (Å²) in [6.07, 6.45) is 0. The number of carbonyl (C=O) groups excluding carboxylic acids is 2. The molecule has 0 bridgehead atoms. The Labute approximate surface area is 126 Å². The number of nitrogens with one attached hydrogen (secondary N) is 3. The van der Waals surface area contributed by atoms with Crippen LogP contribution in [-0.2, 0) is 9.59 Å². The van der Waals surface area contributed by atoms with Crippen molar-refractivity contribution >= 4 is 17.5 Å². The molecular formula is C16H26N3O2+. The predicted molar refractivity (Wildman–Crippen MR) is 84.3 cm³/mol. The minimum Gasteiger partial charge on any atom is -0.351 e. The molecule has 1 unspecified atom stereocenters. The van der Waals surface area contributed by atoms with Crippen molar-refractivity contribution in [2.24, 2.45) is 5.92 Å². The summed E-state index contributed by atoms with van der Waals surface area (Å²) in [5.74, 6) is 0.316. The maximum atomic E-state index is 11.9. The zero-order valence-electron chi connectivity index (χ0n) is 13.3. The lowest BCUT2D eigenvalue weighted by molar-refractivity contribution is -0.862. The average Bonchev–Trinajstić information content (AvgIpc) is 2.38. The third kappa shape index (κ3) is 7.46. The second kappa shape index (κ2) is 8.42. The van der Waals surface area contributed by atoms with E-state index in [4.69, 9.17) is 0 Å². The van der Waals surface area contributed by atoms with Crippen molar-refractivity contribution in [3.05, 3.63) is 29.8 Å². The van der Waals surface area contributed by atoms with Crippen LogP contribution in [0, 0.1) is 12.8 Å². The third-order valence-electron chi connectivity index (χ3n) is 2.97. The minimum absolute atomic E-state index is 0.0238. The molecule has 1 atom stereocenters. The van der Waals surface area contributed by atoms with Gasteiger partial charge in [-0.25, -0.2) is 0 Å². The highest BCUT2D eigenvalue weighted by molar-refractivity contribution is 5.91. The summed E-state index contributed by atoms with van der Waals surface area (Å²) in [5.41, 5.74) is 1.93. The van der Waals surface area contributed by atoms with E-state index >= 15 is 0 Å². The molecule has 5 heteroatoms. The number of hydrogen-bond acceptors (Lipinski definition) is 2. The lowest BCUT2D eigenvalue weighted by Crippen LogP contribution is -3.11. The summed E-state index contributed by atoms with van der Waals surface area (Å²) >= 11 is 0. The topological polar surface area (TPSA) is 62.6 Å². The van der Waals surface area contributed by atoms with Crippen molar-refractivity contribution in [3.63, 3.8) is 0 Å². The zero-order valence-corrected chi connectivity index (χ0v) is 13.3. The Morgan fingerprint density at radius 1 is 1.10 bits per heavy atom. The summed E-state index contributed by atoms with van der Waals surface area (Å²) in [4.78, 5) is 24.4. The lowest BCUT2D eigenvalue weighted by atomic mass is 10.2. The number of hydrogen-bond donors (Lipinski definition) is 3. The van der Waals surface area contributed by atoms with Gasteiger partial charge in [0.2, 0.25) is 0 Å². The van der Waals surface area contributed by atoms with Gasteiger partial charge in [0.25, 0.3) is 11.8 Å². The maximum Gasteiger partial charge on any atom is 0.279 e. The molecule has 0 fully saturated rings. The first-order chi connectivity index (χ1) is 9.86. The van der Waals surface area contributed by atoms with Gasteiger partial charge >= 0.3 is 0 Å². The number of quaternary nitrogens is 1. The van der Waals surface area contributed by atoms with E-state index < -0.39 is 0 Å². The molecule has 0 heterocycles. The van der Waals surface area contributed by atoms with Gasteiger partial charge in [-0.3, -0.25) is 9.59 Å². The molecule has 0 aliphatic heterocycles. The molecule has 5 nitrogen and oxygen atoms in total. The van der Waals surface area contributed by atoms with E-state index in [-0.39, 0.29) is 18.4 Å². The number of aryl methyl sites for hydroxylation is 1. The van der Waals surface area contributed by atoms with E-state index in [1.165, 1.54) is 0 Å². The van der Waals surface area contributed by atoms with Crippen molar-refractivity contribution < 1.29 is 14.5 Å². The van der Waals surface area contributed by atoms with Gasteiger partial charge in [-0.15, -0.1) is 0 Å². The first kappa shape index (κ1) is 17.2. The fourth-order valence-corrected chi connectivity index (χ4v) is 1.83. The average molecular weight is 292 g/mol. The summed E-state index contributed by atoms with van der Waals surface area (Å²) < 4.78 is 0. The molecular weight excluding hydrogens is 266 g/mol. The van der Waals surface area contributed by atoms with Gasteiger partial charge in [0.05, 0.1) is 7.05 Å². The van der Waals surface area contributed by atoms with Crippen molar-refractivity contribution in [1.82, 2.24) is 5.32 Å². The van der Waals surface area contributed by atoms with Crippen LogP contribution in [0.5, 0.6) is 0 Å². The van der Waals surface area contributed by atoms with Gasteiger partial charge in [-0.05, 0) is 25.0 Å². The molecule has 2 amide bonds. The number of carbonyl (C=O) groups is 2. The van der Waals surface area contributed by atoms with E-state index in [0.29, 0.717) is 19.0 Å². The second-order valence-electron chi connectivity index (χ2n) is 5.92. The maximum absolute atomic E-state index is 11.9. The molecule has 0 saturated carbocycles. The summed E-state index contributed by atoms with van der Waals surface area (Å²) in [7, 11) is 1.84. The van der Waals surface area contributed by atoms with Crippen LogP contribution in [0.1, 0.15) is 19.4 Å². The second-order valence-corrected chi connectivity index (χ2v) is 5.92. The van der Waals surface area contributed by atoms with Crippen LogP contribution in [-0.4, -0.2) is 38.5 Å². The molecule has 0 aliphatic carbocycles. The molecule has 0 aromatic heterocycles. The summed E-state index contributed by atoms with van der Waals surface area (Å²) in [6.45, 7) is 7.33. The van der Waals surface area contributed by atoms with Crippen LogP contribution in [0.4, 0.5) is 5.69 Å². The van der Waals surface area contributed by atoms with Gasteiger partial charge in [0.15, 0.2) is 13.1 Å². The molecule has 21 heavy (non-hydrogen) atoms. The van der Waals surface area contributed by atoms with Gasteiger partial charge < -0.3 is 15.5 Å². The van der Waals surface area contributed by atoms with Gasteiger partial charge in [-0.2, -0.15) is 0 Å². The first-order valence-corrected chi connectivity index (χ1v) is 7.31. The van der Waals surface area contributed by atoms with E-state index in [0.717, 1.165) is 16.2 Å². The Balaban J connectivity index is 2.33. The third-order valence-corrected chi connectivity index (χ3v) is 2.97. The Bertz CT molecular complexity index is 469. The van der Waals surface area contributed by atoms with Gasteiger partial charge in [-0.1, -0.05) is 31.5 Å². The quantitative estimate of drug-likeness (QED) is 0.673. The number of benzene rings is 1. The predicted octanol–water partition coefficient (Wildman–Crippen LogP) is 0.220. The fourth-order valence-electron chi connectivity index (χ4n) is 1.83. The van der Waals surface area contributed by atoms with Crippen LogP contribution in [0.15, 0.2) is 24.3 Å². The van der Waals surface area contributed by atoms with E-state index in [9.17, 15) is 9.59 Å². The molecule has 0 aliphatic rings. The molecule has 0 spiro atoms. The Hall–Kier alpha value is -1.88. The number of likely N-dealkylation sites (N-methyl/N-ethyl adjacent to an activating group) is 1. The Morgan fingerprint density at radius 2 is 1.67 bits per heavy atom. The van der Waals surface area contributed by atoms with Crippen LogP contribution in [0.3, 0.4) is 0 Å². The molecule has 1 rings (SSSR count). The zero-order chi connectivity index (χ0) is 15.8. The van der Waals surface area contributed by atoms with Crippen LogP contribution >= 0.6 is 0 Å². The van der Waals surface area contributed by atoms with E-state index in [1.807, 2.05) is 52.1 Å². The highest BCUT2D eigenvalue weighted by Gasteiger charge is 2.14. The molecule has 0 radical (unpaired) electrons. The fraction of sp³-hybridized carbons (Fsp3) is 0.500. The van der Waals surface area contributed by atoms with Crippen LogP contribution < -0.4 is 15.5 Å². The lowest BCUT2D eigenvalue weighted by Gasteiger charge is -2.14. The number of anilines is 1. The largest absolute Gasteiger partial charge is 0.351 e. The molecule has 0 saturated heterocycles. The molecule has 1 aromatic carbocycles. The van der Waals surface area contributed by atoms with Crippen molar-refractivity contribution in [2.45, 2.75) is 20.8 Å². The Kier molecular flexibility index (Phi) is 6.88. The summed E-state index contributed by atoms with van der Waals surface area (Å²) in [5, 5.41) is 5.68. The van der Waals surface area contributed by atoms with Gasteiger partial charge in [0, 0.05) is 12.2 Å². The highest BCUT2D eigenvalue weighted by atomic mass is 16.2. The summed E-state index contributed by atoms with van der Waals surface area (Å²) in [6, 6.07) is 7.65. The van der Waals surface area contributed by atoms with Crippen molar-refractivity contribution in [1.29, 1.82) is 0 Å². The number of rotatable bonds is 7. The van der Waals surface area contributed by atoms with Crippen LogP contribution in [0.2, 0.25) is 0 Å². The van der Waals surface area contributed by atoms with Crippen molar-refractivity contribution in [3.8, 4) is 0 Å². The van der Waals surface area contributed by atoms with Crippen molar-refractivity contribution in [2.75, 3.05) is 32.0 Å². The minimum atomic E-state index is -0.0898. The monoisotopic (exact) mass is 292 g/mol. The molecule has 3 N–H and O–H groups in total. The smallest absolute Gasteiger partial charge is 0.279 e. The van der Waals surface area contributed by atoms with E-state index in [1.54, 1.807) is 0 Å². The Morgan fingerprint density at radius 3 is 2.24 bits per heavy atom. The standard InChI is InChI=1S/C16H25N3O2/c1-12(2)9-17-15(20)10-19(4)11-16(21)18-14-7-5-13(3)6-8-14/h5-8,12H,9-11H2,1-4H3,(H,17,20)(H,18,21)/p+1. The molecule has 1 aromatic rings. The van der Waals surface area contributed by atoms with Gasteiger partial charge in [0.1, 0.15) is 0 Å². The normalized spacial score (nSPS) is 12.0. The highest BCUT2D eigenvalue weighted by Crippen LogP contribution is 2.07.